The van der Waals surface area contributed by atoms with Gasteiger partial charge < -0.3 is 89.9 Å². The highest BCUT2D eigenvalue weighted by Crippen LogP contribution is 2.33. The largest absolute Gasteiger partial charge is 0.394 e. The van der Waals surface area contributed by atoms with Crippen molar-refractivity contribution >= 4 is 5.91 Å². The van der Waals surface area contributed by atoms with Crippen LogP contribution >= 0.6 is 0 Å². The SMILES string of the molecule is CCCCC/C=C\C/C=C\CCCCCCCC(=O)NC(COC1OC(CO)C(OC2OC(CO)C(OC3OC(CO)C(O)C(O)C3O)C(O)C2O)C(O)C1O)C(O)CCCCC. The summed E-state index contributed by atoms with van der Waals surface area (Å²) in [7, 11) is 0. The van der Waals surface area contributed by atoms with Gasteiger partial charge in [0.2, 0.25) is 5.91 Å². The summed E-state index contributed by atoms with van der Waals surface area (Å²) in [5.74, 6) is -0.272. The number of aliphatic hydroxyl groups is 11. The van der Waals surface area contributed by atoms with E-state index in [1.54, 1.807) is 0 Å². The van der Waals surface area contributed by atoms with Gasteiger partial charge >= 0.3 is 0 Å². The minimum absolute atomic E-state index is 0.247. The van der Waals surface area contributed by atoms with Crippen LogP contribution in [-0.4, -0.2) is 193 Å². The highest BCUT2D eigenvalue weighted by atomic mass is 16.8. The normalized spacial score (nSPS) is 35.0. The molecule has 63 heavy (non-hydrogen) atoms. The number of amides is 1. The van der Waals surface area contributed by atoms with Crippen molar-refractivity contribution in [2.24, 2.45) is 0 Å². The highest BCUT2D eigenvalue weighted by molar-refractivity contribution is 5.76. The fourth-order valence-corrected chi connectivity index (χ4v) is 7.81. The van der Waals surface area contributed by atoms with E-state index in [4.69, 9.17) is 28.4 Å². The van der Waals surface area contributed by atoms with Crippen LogP contribution in [-0.2, 0) is 33.2 Å². The molecule has 368 valence electrons. The first-order valence-electron chi connectivity index (χ1n) is 23.1. The van der Waals surface area contributed by atoms with Crippen LogP contribution in [0.25, 0.3) is 0 Å². The summed E-state index contributed by atoms with van der Waals surface area (Å²) in [5.41, 5.74) is 0. The fourth-order valence-electron chi connectivity index (χ4n) is 7.81. The second-order valence-electron chi connectivity index (χ2n) is 16.9. The fraction of sp³-hybridized carbons (Fsp3) is 0.886. The zero-order chi connectivity index (χ0) is 46.3. The molecule has 0 bridgehead atoms. The molecular formula is C44H79NO18. The van der Waals surface area contributed by atoms with Crippen LogP contribution in [0.5, 0.6) is 0 Å². The Bertz CT molecular complexity index is 1280. The highest BCUT2D eigenvalue weighted by Gasteiger charge is 2.53. The summed E-state index contributed by atoms with van der Waals surface area (Å²) in [5, 5.41) is 119. The van der Waals surface area contributed by atoms with Crippen LogP contribution in [0.1, 0.15) is 117 Å². The lowest BCUT2D eigenvalue weighted by Crippen LogP contribution is -2.66. The summed E-state index contributed by atoms with van der Waals surface area (Å²) in [6.07, 6.45) is -2.99. The van der Waals surface area contributed by atoms with Crippen LogP contribution in [0, 0.1) is 0 Å². The first-order chi connectivity index (χ1) is 30.3. The first kappa shape index (κ1) is 55.6. The molecule has 0 radical (unpaired) electrons. The number of rotatable bonds is 30. The molecule has 17 atom stereocenters. The number of ether oxygens (including phenoxy) is 6. The van der Waals surface area contributed by atoms with Gasteiger partial charge in [0.1, 0.15) is 73.2 Å². The molecule has 3 aliphatic heterocycles. The van der Waals surface area contributed by atoms with E-state index in [-0.39, 0.29) is 18.9 Å². The second kappa shape index (κ2) is 30.5. The van der Waals surface area contributed by atoms with Gasteiger partial charge in [0.05, 0.1) is 38.6 Å². The van der Waals surface area contributed by atoms with Gasteiger partial charge in [-0.1, -0.05) is 89.5 Å². The molecule has 19 heteroatoms. The molecule has 0 saturated carbocycles. The zero-order valence-electron chi connectivity index (χ0n) is 37.0. The van der Waals surface area contributed by atoms with Gasteiger partial charge in [-0.25, -0.2) is 0 Å². The summed E-state index contributed by atoms with van der Waals surface area (Å²) in [6, 6.07) is -0.886. The lowest BCUT2D eigenvalue weighted by molar-refractivity contribution is -0.379. The number of hydrogen-bond acceptors (Lipinski definition) is 18. The summed E-state index contributed by atoms with van der Waals surface area (Å²) >= 11 is 0. The molecule has 1 amide bonds. The predicted octanol–water partition coefficient (Wildman–Crippen LogP) is -0.309. The molecule has 0 aromatic carbocycles. The van der Waals surface area contributed by atoms with E-state index in [2.05, 4.69) is 36.5 Å². The third-order valence-corrected chi connectivity index (χ3v) is 11.8. The zero-order valence-corrected chi connectivity index (χ0v) is 37.0. The summed E-state index contributed by atoms with van der Waals surface area (Å²) in [6.45, 7) is 1.50. The van der Waals surface area contributed by atoms with Crippen molar-refractivity contribution in [1.29, 1.82) is 0 Å². The Morgan fingerprint density at radius 3 is 1.62 bits per heavy atom. The lowest BCUT2D eigenvalue weighted by atomic mass is 9.96. The predicted molar refractivity (Wildman–Crippen MR) is 226 cm³/mol. The van der Waals surface area contributed by atoms with Gasteiger partial charge in [0.25, 0.3) is 0 Å². The molecule has 0 aliphatic carbocycles. The maximum atomic E-state index is 13.0. The van der Waals surface area contributed by atoms with Crippen molar-refractivity contribution in [3.05, 3.63) is 24.3 Å². The molecule has 0 aromatic heterocycles. The Morgan fingerprint density at radius 1 is 0.571 bits per heavy atom. The van der Waals surface area contributed by atoms with Gasteiger partial charge in [-0.15, -0.1) is 0 Å². The number of carbonyl (C=O) groups excluding carboxylic acids is 1. The minimum Gasteiger partial charge on any atom is -0.394 e. The van der Waals surface area contributed by atoms with Crippen LogP contribution in [0.4, 0.5) is 0 Å². The molecule has 3 rings (SSSR count). The second-order valence-corrected chi connectivity index (χ2v) is 16.9. The van der Waals surface area contributed by atoms with E-state index in [1.165, 1.54) is 19.3 Å². The smallest absolute Gasteiger partial charge is 0.220 e. The quantitative estimate of drug-likeness (QED) is 0.0325. The number of aliphatic hydroxyl groups excluding tert-OH is 11. The molecular weight excluding hydrogens is 830 g/mol. The van der Waals surface area contributed by atoms with Crippen LogP contribution in [0.2, 0.25) is 0 Å². The Kier molecular flexibility index (Phi) is 26.9. The van der Waals surface area contributed by atoms with Crippen molar-refractivity contribution in [1.82, 2.24) is 5.32 Å². The third-order valence-electron chi connectivity index (χ3n) is 11.8. The molecule has 3 saturated heterocycles. The topological polar surface area (TPSA) is 307 Å². The van der Waals surface area contributed by atoms with Gasteiger partial charge in [-0.05, 0) is 44.9 Å². The van der Waals surface area contributed by atoms with E-state index in [9.17, 15) is 61.0 Å². The maximum absolute atomic E-state index is 13.0. The van der Waals surface area contributed by atoms with Crippen molar-refractivity contribution in [3.63, 3.8) is 0 Å². The summed E-state index contributed by atoms with van der Waals surface area (Å²) < 4.78 is 33.8. The molecule has 12 N–H and O–H groups in total. The van der Waals surface area contributed by atoms with E-state index in [1.807, 2.05) is 6.92 Å². The standard InChI is InChI=1S/C44H79NO18/c1-3-5-7-8-9-10-11-12-13-14-15-16-17-18-20-22-32(50)45-27(28(49)21-19-6-4-2)26-58-42-38(56)35(53)40(30(24-47)60-42)63-44-39(57)36(54)41(31(25-48)61-44)62-43-37(55)34(52)33(51)29(23-46)59-43/h9-10,12-13,27-31,33-44,46-49,51-57H,3-8,11,14-26H2,1-2H3,(H,45,50)/b10-9-,13-12-. The lowest BCUT2D eigenvalue weighted by Gasteiger charge is -2.48. The maximum Gasteiger partial charge on any atom is 0.220 e. The van der Waals surface area contributed by atoms with Crippen molar-refractivity contribution < 1.29 is 89.4 Å². The van der Waals surface area contributed by atoms with Crippen molar-refractivity contribution in [3.8, 4) is 0 Å². The molecule has 19 nitrogen and oxygen atoms in total. The third kappa shape index (κ3) is 17.8. The van der Waals surface area contributed by atoms with Crippen LogP contribution < -0.4 is 5.32 Å². The average molecular weight is 910 g/mol. The van der Waals surface area contributed by atoms with Gasteiger partial charge in [-0.2, -0.15) is 0 Å². The van der Waals surface area contributed by atoms with Crippen molar-refractivity contribution in [2.75, 3.05) is 26.4 Å². The van der Waals surface area contributed by atoms with E-state index in [0.29, 0.717) is 19.3 Å². The van der Waals surface area contributed by atoms with Crippen molar-refractivity contribution in [2.45, 2.75) is 221 Å². The van der Waals surface area contributed by atoms with Gasteiger partial charge in [0.15, 0.2) is 18.9 Å². The van der Waals surface area contributed by atoms with Crippen LogP contribution in [0.3, 0.4) is 0 Å². The number of hydrogen-bond donors (Lipinski definition) is 12. The Morgan fingerprint density at radius 2 is 1.05 bits per heavy atom. The van der Waals surface area contributed by atoms with Gasteiger partial charge in [0, 0.05) is 6.42 Å². The molecule has 3 aliphatic rings. The Hall–Kier alpha value is -1.73. The monoisotopic (exact) mass is 910 g/mol. The summed E-state index contributed by atoms with van der Waals surface area (Å²) in [4.78, 5) is 13.0. The van der Waals surface area contributed by atoms with E-state index in [0.717, 1.165) is 57.8 Å². The number of allylic oxidation sites excluding steroid dienone is 4. The molecule has 17 unspecified atom stereocenters. The number of carbonyl (C=O) groups is 1. The van der Waals surface area contributed by atoms with Crippen LogP contribution in [0.15, 0.2) is 24.3 Å². The Labute approximate surface area is 371 Å². The Balaban J connectivity index is 1.51. The van der Waals surface area contributed by atoms with Gasteiger partial charge in [-0.3, -0.25) is 4.79 Å². The molecule has 0 spiro atoms. The first-order valence-corrected chi connectivity index (χ1v) is 23.1. The molecule has 0 aromatic rings. The number of nitrogens with one attached hydrogen (secondary N) is 1. The van der Waals surface area contributed by atoms with E-state index < -0.39 is 124 Å². The number of unbranched alkanes of at least 4 members (excludes halogenated alkanes) is 10. The average Bonchev–Trinajstić information content (AvgIpc) is 3.28. The molecule has 3 heterocycles. The van der Waals surface area contributed by atoms with E-state index >= 15 is 0 Å². The minimum atomic E-state index is -1.97. The molecule has 3 fully saturated rings.